The molecule has 2 amide bonds. The quantitative estimate of drug-likeness (QED) is 0.817. The number of rotatable bonds is 4. The average molecular weight is 347 g/mol. The zero-order chi connectivity index (χ0) is 17.9. The fourth-order valence-electron chi connectivity index (χ4n) is 3.87. The fourth-order valence-corrected chi connectivity index (χ4v) is 3.87. The lowest BCUT2D eigenvalue weighted by molar-refractivity contribution is -0.141. The van der Waals surface area contributed by atoms with Crippen LogP contribution in [-0.4, -0.2) is 81.6 Å². The Balaban J connectivity index is 1.60. The molecule has 0 spiro atoms. The van der Waals surface area contributed by atoms with Gasteiger partial charge < -0.3 is 19.8 Å². The lowest BCUT2D eigenvalue weighted by Crippen LogP contribution is -2.55. The van der Waals surface area contributed by atoms with E-state index >= 15 is 0 Å². The minimum atomic E-state index is -0.731. The molecule has 2 aliphatic rings. The van der Waals surface area contributed by atoms with Crippen LogP contribution in [0, 0.1) is 0 Å². The number of carbonyl (C=O) groups excluding carboxylic acids is 2. The number of nitrogens with zero attached hydrogens (tertiary/aromatic N) is 5. The number of amides is 2. The zero-order valence-corrected chi connectivity index (χ0v) is 14.6. The summed E-state index contributed by atoms with van der Waals surface area (Å²) in [6.45, 7) is 4.56. The van der Waals surface area contributed by atoms with Gasteiger partial charge in [0.15, 0.2) is 0 Å². The van der Waals surface area contributed by atoms with Gasteiger partial charge in [0.2, 0.25) is 11.8 Å². The van der Waals surface area contributed by atoms with Crippen molar-refractivity contribution >= 4 is 17.6 Å². The Morgan fingerprint density at radius 3 is 2.56 bits per heavy atom. The van der Waals surface area contributed by atoms with E-state index in [0.717, 1.165) is 12.2 Å². The number of aromatic nitrogens is 2. The van der Waals surface area contributed by atoms with Crippen LogP contribution in [0.5, 0.6) is 0 Å². The van der Waals surface area contributed by atoms with Gasteiger partial charge in [0, 0.05) is 52.0 Å². The average Bonchev–Trinajstić information content (AvgIpc) is 3.07. The molecule has 3 rings (SSSR count). The lowest BCUT2D eigenvalue weighted by Gasteiger charge is -2.40. The highest BCUT2D eigenvalue weighted by molar-refractivity contribution is 5.80. The number of aliphatic hydroxyl groups is 1. The van der Waals surface area contributed by atoms with Crippen molar-refractivity contribution in [1.29, 1.82) is 0 Å². The Hall–Kier alpha value is -2.22. The minimum absolute atomic E-state index is 0.000922. The Morgan fingerprint density at radius 2 is 1.96 bits per heavy atom. The highest BCUT2D eigenvalue weighted by Crippen LogP contribution is 2.33. The summed E-state index contributed by atoms with van der Waals surface area (Å²) in [5.41, 5.74) is -0.731. The summed E-state index contributed by atoms with van der Waals surface area (Å²) < 4.78 is 0. The van der Waals surface area contributed by atoms with Gasteiger partial charge in [-0.2, -0.15) is 0 Å². The monoisotopic (exact) mass is 347 g/mol. The van der Waals surface area contributed by atoms with Gasteiger partial charge in [0.1, 0.15) is 5.82 Å². The molecule has 136 valence electrons. The largest absolute Gasteiger partial charge is 0.394 e. The second kappa shape index (κ2) is 7.35. The van der Waals surface area contributed by atoms with Gasteiger partial charge in [-0.3, -0.25) is 14.6 Å². The van der Waals surface area contributed by atoms with Gasteiger partial charge in [-0.1, -0.05) is 0 Å². The van der Waals surface area contributed by atoms with Gasteiger partial charge >= 0.3 is 0 Å². The van der Waals surface area contributed by atoms with E-state index in [4.69, 9.17) is 0 Å². The zero-order valence-electron chi connectivity index (χ0n) is 14.6. The Bertz CT molecular complexity index is 618. The van der Waals surface area contributed by atoms with Crippen LogP contribution < -0.4 is 4.90 Å². The van der Waals surface area contributed by atoms with Crippen molar-refractivity contribution in [1.82, 2.24) is 19.8 Å². The third-order valence-electron chi connectivity index (χ3n) is 5.26. The van der Waals surface area contributed by atoms with Gasteiger partial charge in [0.25, 0.3) is 0 Å². The first kappa shape index (κ1) is 17.6. The van der Waals surface area contributed by atoms with Gasteiger partial charge in [-0.15, -0.1) is 0 Å². The standard InChI is InChI=1S/C17H25N5O3/c1-14(24)22-6-2-3-17(22,13-23)11-16(25)21-9-7-20(8-10-21)15-12-18-4-5-19-15/h4-5,12,23H,2-3,6-11,13H2,1H3/t17-/m0/s1. The van der Waals surface area contributed by atoms with Crippen molar-refractivity contribution in [3.05, 3.63) is 18.6 Å². The minimum Gasteiger partial charge on any atom is -0.394 e. The van der Waals surface area contributed by atoms with E-state index < -0.39 is 5.54 Å². The van der Waals surface area contributed by atoms with Crippen LogP contribution in [0.3, 0.4) is 0 Å². The molecule has 0 radical (unpaired) electrons. The normalized spacial score (nSPS) is 23.8. The van der Waals surface area contributed by atoms with Gasteiger partial charge in [-0.25, -0.2) is 4.98 Å². The summed E-state index contributed by atoms with van der Waals surface area (Å²) >= 11 is 0. The Morgan fingerprint density at radius 1 is 1.20 bits per heavy atom. The summed E-state index contributed by atoms with van der Waals surface area (Å²) in [4.78, 5) is 38.6. The number of carbonyl (C=O) groups is 2. The number of aliphatic hydroxyl groups excluding tert-OH is 1. The molecule has 0 bridgehead atoms. The van der Waals surface area contributed by atoms with E-state index in [1.807, 2.05) is 4.90 Å². The molecule has 3 heterocycles. The van der Waals surface area contributed by atoms with Crippen molar-refractivity contribution in [2.75, 3.05) is 44.2 Å². The molecule has 0 unspecified atom stereocenters. The van der Waals surface area contributed by atoms with Gasteiger partial charge in [-0.05, 0) is 12.8 Å². The number of piperazine rings is 1. The summed E-state index contributed by atoms with van der Waals surface area (Å²) in [5.74, 6) is 0.743. The summed E-state index contributed by atoms with van der Waals surface area (Å²) in [6, 6.07) is 0. The number of anilines is 1. The van der Waals surface area contributed by atoms with E-state index in [1.54, 1.807) is 23.5 Å². The number of likely N-dealkylation sites (tertiary alicyclic amines) is 1. The van der Waals surface area contributed by atoms with Crippen LogP contribution in [0.4, 0.5) is 5.82 Å². The third kappa shape index (κ3) is 3.58. The molecule has 8 heteroatoms. The van der Waals surface area contributed by atoms with E-state index in [0.29, 0.717) is 39.1 Å². The number of hydrogen-bond acceptors (Lipinski definition) is 6. The topological polar surface area (TPSA) is 89.9 Å². The molecule has 0 aliphatic carbocycles. The molecule has 0 saturated carbocycles. The first-order valence-corrected chi connectivity index (χ1v) is 8.73. The summed E-state index contributed by atoms with van der Waals surface area (Å²) in [5, 5.41) is 9.89. The molecule has 0 aromatic carbocycles. The molecule has 2 saturated heterocycles. The molecule has 1 N–H and O–H groups in total. The third-order valence-corrected chi connectivity index (χ3v) is 5.26. The maximum absolute atomic E-state index is 12.8. The maximum atomic E-state index is 12.8. The predicted octanol–water partition coefficient (Wildman–Crippen LogP) is -0.111. The van der Waals surface area contributed by atoms with Crippen LogP contribution in [0.15, 0.2) is 18.6 Å². The Kier molecular flexibility index (Phi) is 5.17. The fraction of sp³-hybridized carbons (Fsp3) is 0.647. The van der Waals surface area contributed by atoms with E-state index in [9.17, 15) is 14.7 Å². The molecule has 8 nitrogen and oxygen atoms in total. The molecule has 1 aromatic rings. The van der Waals surface area contributed by atoms with E-state index in [-0.39, 0.29) is 24.8 Å². The number of hydrogen-bond donors (Lipinski definition) is 1. The molecular weight excluding hydrogens is 322 g/mol. The van der Waals surface area contributed by atoms with Crippen LogP contribution >= 0.6 is 0 Å². The molecular formula is C17H25N5O3. The smallest absolute Gasteiger partial charge is 0.225 e. The molecule has 1 atom stereocenters. The van der Waals surface area contributed by atoms with Crippen LogP contribution in [0.25, 0.3) is 0 Å². The van der Waals surface area contributed by atoms with Crippen molar-refractivity contribution in [2.24, 2.45) is 0 Å². The Labute approximate surface area is 147 Å². The highest BCUT2D eigenvalue weighted by Gasteiger charge is 2.44. The van der Waals surface area contributed by atoms with Crippen molar-refractivity contribution in [2.45, 2.75) is 31.7 Å². The lowest BCUT2D eigenvalue weighted by atomic mass is 9.92. The first-order valence-electron chi connectivity index (χ1n) is 8.73. The first-order chi connectivity index (χ1) is 12.1. The van der Waals surface area contributed by atoms with Crippen molar-refractivity contribution in [3.63, 3.8) is 0 Å². The van der Waals surface area contributed by atoms with Crippen LogP contribution in [-0.2, 0) is 9.59 Å². The van der Waals surface area contributed by atoms with Crippen molar-refractivity contribution in [3.8, 4) is 0 Å². The van der Waals surface area contributed by atoms with Crippen molar-refractivity contribution < 1.29 is 14.7 Å². The second-order valence-corrected chi connectivity index (χ2v) is 6.76. The molecule has 25 heavy (non-hydrogen) atoms. The predicted molar refractivity (Wildman–Crippen MR) is 91.9 cm³/mol. The molecule has 1 aromatic heterocycles. The molecule has 2 fully saturated rings. The SMILES string of the molecule is CC(=O)N1CCC[C@@]1(CO)CC(=O)N1CCN(c2cnccn2)CC1. The van der Waals surface area contributed by atoms with E-state index in [1.165, 1.54) is 6.92 Å². The molecule has 2 aliphatic heterocycles. The van der Waals surface area contributed by atoms with Crippen LogP contribution in [0.1, 0.15) is 26.2 Å². The van der Waals surface area contributed by atoms with Crippen LogP contribution in [0.2, 0.25) is 0 Å². The van der Waals surface area contributed by atoms with Gasteiger partial charge in [0.05, 0.1) is 24.8 Å². The summed E-state index contributed by atoms with van der Waals surface area (Å²) in [6.07, 6.45) is 6.71. The second-order valence-electron chi connectivity index (χ2n) is 6.76. The maximum Gasteiger partial charge on any atom is 0.225 e. The highest BCUT2D eigenvalue weighted by atomic mass is 16.3. The van der Waals surface area contributed by atoms with E-state index in [2.05, 4.69) is 14.9 Å². The summed E-state index contributed by atoms with van der Waals surface area (Å²) in [7, 11) is 0.